The Hall–Kier alpha value is -0.860. The molecule has 1 aliphatic carbocycles. The van der Waals surface area contributed by atoms with Crippen molar-refractivity contribution in [3.05, 3.63) is 35.1 Å². The highest BCUT2D eigenvalue weighted by Crippen LogP contribution is 2.34. The van der Waals surface area contributed by atoms with Gasteiger partial charge in [-0.3, -0.25) is 0 Å². The molecule has 3 rings (SSSR count). The van der Waals surface area contributed by atoms with Gasteiger partial charge in [-0.15, -0.1) is 0 Å². The van der Waals surface area contributed by atoms with Gasteiger partial charge in [-0.25, -0.2) is 4.98 Å². The van der Waals surface area contributed by atoms with Gasteiger partial charge >= 0.3 is 0 Å². The number of aromatic nitrogens is 1. The summed E-state index contributed by atoms with van der Waals surface area (Å²) in [5.41, 5.74) is 2.64. The van der Waals surface area contributed by atoms with Crippen LogP contribution >= 0.6 is 11.6 Å². The lowest BCUT2D eigenvalue weighted by molar-refractivity contribution is 0.465. The lowest BCUT2D eigenvalue weighted by Gasteiger charge is -2.24. The van der Waals surface area contributed by atoms with Crippen LogP contribution in [0.15, 0.2) is 24.4 Å². The molecule has 0 aromatic carbocycles. The Morgan fingerprint density at radius 1 is 1.31 bits per heavy atom. The Labute approximate surface area is 101 Å². The van der Waals surface area contributed by atoms with E-state index >= 15 is 0 Å². The fourth-order valence-electron chi connectivity index (χ4n) is 2.75. The fourth-order valence-corrected chi connectivity index (χ4v) is 2.86. The molecule has 1 saturated heterocycles. The number of nitrogens with one attached hydrogen (secondary N) is 1. The predicted octanol–water partition coefficient (Wildman–Crippen LogP) is 2.89. The van der Waals surface area contributed by atoms with Gasteiger partial charge in [0.05, 0.1) is 0 Å². The summed E-state index contributed by atoms with van der Waals surface area (Å²) in [6.45, 7) is 1.16. The highest BCUT2D eigenvalue weighted by atomic mass is 35.5. The Morgan fingerprint density at radius 2 is 2.25 bits per heavy atom. The maximum Gasteiger partial charge on any atom is 0.129 e. The molecule has 2 heterocycles. The fraction of sp³-hybridized carbons (Fsp3) is 0.462. The first-order chi connectivity index (χ1) is 7.83. The molecule has 2 atom stereocenters. The molecule has 0 bridgehead atoms. The number of nitrogens with zero attached hydrogens (tertiary/aromatic N) is 1. The normalized spacial score (nSPS) is 28.7. The minimum absolute atomic E-state index is 0.567. The van der Waals surface area contributed by atoms with Crippen LogP contribution in [0.2, 0.25) is 5.15 Å². The third-order valence-corrected chi connectivity index (χ3v) is 3.89. The highest BCUT2D eigenvalue weighted by molar-refractivity contribution is 6.29. The lowest BCUT2D eigenvalue weighted by atomic mass is 9.84. The molecule has 84 valence electrons. The van der Waals surface area contributed by atoms with E-state index in [-0.39, 0.29) is 0 Å². The van der Waals surface area contributed by atoms with Crippen molar-refractivity contribution >= 4 is 17.2 Å². The van der Waals surface area contributed by atoms with Crippen molar-refractivity contribution < 1.29 is 0 Å². The molecule has 1 aromatic heterocycles. The molecule has 2 nitrogen and oxygen atoms in total. The van der Waals surface area contributed by atoms with Gasteiger partial charge in [0.2, 0.25) is 0 Å². The van der Waals surface area contributed by atoms with Gasteiger partial charge in [-0.05, 0) is 48.9 Å². The molecule has 1 N–H and O–H groups in total. The first-order valence-electron chi connectivity index (χ1n) is 5.89. The molecular weight excluding hydrogens is 220 g/mol. The maximum absolute atomic E-state index is 5.80. The van der Waals surface area contributed by atoms with E-state index in [2.05, 4.69) is 22.4 Å². The van der Waals surface area contributed by atoms with Crippen LogP contribution in [0.5, 0.6) is 0 Å². The number of allylic oxidation sites excluding steroid dienone is 1. The van der Waals surface area contributed by atoms with Gasteiger partial charge in [0.25, 0.3) is 0 Å². The molecule has 0 spiro atoms. The topological polar surface area (TPSA) is 24.9 Å². The molecule has 16 heavy (non-hydrogen) atoms. The van der Waals surface area contributed by atoms with Gasteiger partial charge in [0.1, 0.15) is 5.15 Å². The number of pyridine rings is 1. The van der Waals surface area contributed by atoms with Crippen molar-refractivity contribution in [3.63, 3.8) is 0 Å². The molecule has 3 heteroatoms. The van der Waals surface area contributed by atoms with E-state index in [0.717, 1.165) is 12.5 Å². The SMILES string of the molecule is Clc1ccc(C2=CC3NCCC3CC2)cn1. The summed E-state index contributed by atoms with van der Waals surface area (Å²) in [4.78, 5) is 4.14. The quantitative estimate of drug-likeness (QED) is 0.756. The van der Waals surface area contributed by atoms with Crippen LogP contribution in [0.4, 0.5) is 0 Å². The molecular formula is C13H15ClN2. The summed E-state index contributed by atoms with van der Waals surface area (Å²) in [7, 11) is 0. The first kappa shape index (κ1) is 10.3. The van der Waals surface area contributed by atoms with Crippen molar-refractivity contribution in [1.82, 2.24) is 10.3 Å². The summed E-state index contributed by atoms with van der Waals surface area (Å²) in [6, 6.07) is 4.52. The minimum atomic E-state index is 0.567. The molecule has 1 aromatic rings. The summed E-state index contributed by atoms with van der Waals surface area (Å²) < 4.78 is 0. The Morgan fingerprint density at radius 3 is 3.06 bits per heavy atom. The monoisotopic (exact) mass is 234 g/mol. The summed E-state index contributed by atoms with van der Waals surface area (Å²) in [5, 5.41) is 4.11. The molecule has 1 aliphatic heterocycles. The summed E-state index contributed by atoms with van der Waals surface area (Å²) in [6.07, 6.45) is 8.06. The van der Waals surface area contributed by atoms with Crippen molar-refractivity contribution in [1.29, 1.82) is 0 Å². The Kier molecular flexibility index (Phi) is 2.70. The zero-order valence-corrected chi connectivity index (χ0v) is 9.87. The van der Waals surface area contributed by atoms with E-state index in [1.807, 2.05) is 12.3 Å². The number of rotatable bonds is 1. The predicted molar refractivity (Wildman–Crippen MR) is 66.4 cm³/mol. The van der Waals surface area contributed by atoms with Crippen LogP contribution in [-0.2, 0) is 0 Å². The van der Waals surface area contributed by atoms with Gasteiger partial charge in [0.15, 0.2) is 0 Å². The molecule has 0 amide bonds. The van der Waals surface area contributed by atoms with Gasteiger partial charge in [0, 0.05) is 12.2 Å². The Balaban J connectivity index is 1.87. The molecule has 0 radical (unpaired) electrons. The highest BCUT2D eigenvalue weighted by Gasteiger charge is 2.28. The van der Waals surface area contributed by atoms with Gasteiger partial charge < -0.3 is 5.32 Å². The average Bonchev–Trinajstić information content (AvgIpc) is 2.77. The number of fused-ring (bicyclic) bond motifs is 1. The Bertz CT molecular complexity index is 410. The number of hydrogen-bond acceptors (Lipinski definition) is 2. The second kappa shape index (κ2) is 4.19. The van der Waals surface area contributed by atoms with E-state index < -0.39 is 0 Å². The average molecular weight is 235 g/mol. The number of hydrogen-bond donors (Lipinski definition) is 1. The minimum Gasteiger partial charge on any atom is -0.310 e. The van der Waals surface area contributed by atoms with E-state index in [1.54, 1.807) is 0 Å². The van der Waals surface area contributed by atoms with Crippen molar-refractivity contribution in [3.8, 4) is 0 Å². The number of halogens is 1. The van der Waals surface area contributed by atoms with E-state index in [4.69, 9.17) is 11.6 Å². The van der Waals surface area contributed by atoms with Crippen LogP contribution < -0.4 is 5.32 Å². The molecule has 2 unspecified atom stereocenters. The van der Waals surface area contributed by atoms with E-state index in [0.29, 0.717) is 11.2 Å². The summed E-state index contributed by atoms with van der Waals surface area (Å²) in [5.74, 6) is 0.851. The third-order valence-electron chi connectivity index (χ3n) is 3.67. The van der Waals surface area contributed by atoms with Crippen LogP contribution in [-0.4, -0.2) is 17.6 Å². The zero-order valence-electron chi connectivity index (χ0n) is 9.12. The van der Waals surface area contributed by atoms with Crippen LogP contribution in [0.3, 0.4) is 0 Å². The zero-order chi connectivity index (χ0) is 11.0. The second-order valence-corrected chi connectivity index (χ2v) is 5.02. The van der Waals surface area contributed by atoms with Gasteiger partial charge in [-0.2, -0.15) is 0 Å². The van der Waals surface area contributed by atoms with Crippen LogP contribution in [0.25, 0.3) is 5.57 Å². The van der Waals surface area contributed by atoms with E-state index in [1.165, 1.54) is 30.4 Å². The van der Waals surface area contributed by atoms with Gasteiger partial charge in [-0.1, -0.05) is 23.7 Å². The summed E-state index contributed by atoms with van der Waals surface area (Å²) >= 11 is 5.80. The van der Waals surface area contributed by atoms with Crippen LogP contribution in [0.1, 0.15) is 24.8 Å². The van der Waals surface area contributed by atoms with Crippen molar-refractivity contribution in [2.75, 3.05) is 6.54 Å². The second-order valence-electron chi connectivity index (χ2n) is 4.63. The third kappa shape index (κ3) is 1.87. The largest absolute Gasteiger partial charge is 0.310 e. The van der Waals surface area contributed by atoms with E-state index in [9.17, 15) is 0 Å². The molecule has 2 aliphatic rings. The smallest absolute Gasteiger partial charge is 0.129 e. The van der Waals surface area contributed by atoms with Crippen LogP contribution in [0, 0.1) is 5.92 Å². The van der Waals surface area contributed by atoms with Crippen molar-refractivity contribution in [2.24, 2.45) is 5.92 Å². The maximum atomic E-state index is 5.80. The standard InChI is InChI=1S/C13H15ClN2/c14-13-4-3-11(8-16-13)10-2-1-9-5-6-15-12(9)7-10/h3-4,7-9,12,15H,1-2,5-6H2. The molecule has 1 fully saturated rings. The molecule has 0 saturated carbocycles. The van der Waals surface area contributed by atoms with Crippen molar-refractivity contribution in [2.45, 2.75) is 25.3 Å². The lowest BCUT2D eigenvalue weighted by Crippen LogP contribution is -2.27. The first-order valence-corrected chi connectivity index (χ1v) is 6.27.